The van der Waals surface area contributed by atoms with Crippen LogP contribution in [0, 0.1) is 11.6 Å². The number of nitrogens with zero attached hydrogens (tertiary/aromatic N) is 6. The van der Waals surface area contributed by atoms with E-state index >= 15 is 0 Å². The van der Waals surface area contributed by atoms with Gasteiger partial charge in [0.15, 0.2) is 0 Å². The first-order chi connectivity index (χ1) is 24.5. The van der Waals surface area contributed by atoms with Crippen LogP contribution < -0.4 is 40.2 Å². The van der Waals surface area contributed by atoms with Gasteiger partial charge in [-0.2, -0.15) is 10.2 Å². The zero-order chi connectivity index (χ0) is 34.5. The van der Waals surface area contributed by atoms with E-state index in [1.165, 1.54) is 24.8 Å². The van der Waals surface area contributed by atoms with Crippen molar-refractivity contribution in [3.63, 3.8) is 0 Å². The molecule has 4 aromatic heterocycles. The first-order valence-corrected chi connectivity index (χ1v) is 17.2. The topological polar surface area (TPSA) is 163 Å². The van der Waals surface area contributed by atoms with Crippen LogP contribution in [0.2, 0.25) is 10.0 Å². The number of hydrogen-bond donors (Lipinski definition) is 4. The number of rotatable bonds is 6. The normalized spacial score (nSPS) is 14.3. The van der Waals surface area contributed by atoms with Crippen molar-refractivity contribution < 1.29 is 43.8 Å². The van der Waals surface area contributed by atoms with Crippen LogP contribution in [0.3, 0.4) is 0 Å². The van der Waals surface area contributed by atoms with Crippen LogP contribution in [0.5, 0.6) is 0 Å². The molecule has 2 aromatic carbocycles. The number of H-pyrrole nitrogens is 2. The Balaban J connectivity index is 0.000000270. The second-order valence-corrected chi connectivity index (χ2v) is 13.1. The number of benzene rings is 2. The van der Waals surface area contributed by atoms with Crippen molar-refractivity contribution >= 4 is 48.0 Å². The Morgan fingerprint density at radius 3 is 1.31 bits per heavy atom. The molecule has 5 N–H and O–H groups in total. The number of aromatic nitrogens is 8. The molecule has 0 unspecified atom stereocenters. The van der Waals surface area contributed by atoms with Crippen molar-refractivity contribution in [1.82, 2.24) is 51.0 Å². The van der Waals surface area contributed by atoms with Crippen molar-refractivity contribution in [3.8, 4) is 45.0 Å². The van der Waals surface area contributed by atoms with E-state index in [1.54, 1.807) is 36.7 Å². The molecule has 6 aromatic rings. The predicted molar refractivity (Wildman–Crippen MR) is 206 cm³/mol. The summed E-state index contributed by atoms with van der Waals surface area (Å²) in [5.74, 6) is -0.122. The molecule has 54 heavy (non-hydrogen) atoms. The maximum Gasteiger partial charge on any atom is 1.00 e. The number of halogens is 6. The Morgan fingerprint density at radius 1 is 0.593 bits per heavy atom. The number of nitrogens with one attached hydrogen (secondary N) is 4. The third kappa shape index (κ3) is 10.2. The third-order valence-electron chi connectivity index (χ3n) is 9.13. The van der Waals surface area contributed by atoms with Gasteiger partial charge in [-0.25, -0.2) is 28.7 Å². The van der Waals surface area contributed by atoms with Crippen LogP contribution in [0.4, 0.5) is 8.78 Å². The monoisotopic (exact) mass is 826 g/mol. The van der Waals surface area contributed by atoms with Crippen molar-refractivity contribution in [2.75, 3.05) is 26.2 Å². The van der Waals surface area contributed by atoms with Gasteiger partial charge >= 0.3 is 29.6 Å². The first kappa shape index (κ1) is 45.3. The van der Waals surface area contributed by atoms with E-state index in [-0.39, 0.29) is 59.8 Å². The summed E-state index contributed by atoms with van der Waals surface area (Å²) in [6.45, 7) is 3.82. The fourth-order valence-electron chi connectivity index (χ4n) is 6.67. The van der Waals surface area contributed by atoms with E-state index in [1.807, 2.05) is 12.1 Å². The SMILES string of the molecule is Cl.Cl.Fc1cc(Cl)ccc1-c1n[nH]c(C2CCNCC2)c1-c1ccncn1.Fc1cc(Cl)ccc1-c1n[nH]c(C2CCNCC2)c1-c1ccncn1.[Na+].[OH-]. The van der Waals surface area contributed by atoms with Crippen molar-refractivity contribution in [2.24, 2.45) is 0 Å². The molecule has 2 aliphatic heterocycles. The van der Waals surface area contributed by atoms with Gasteiger partial charge in [0, 0.05) is 67.9 Å². The number of aromatic amines is 2. The number of piperidine rings is 2. The van der Waals surface area contributed by atoms with Crippen molar-refractivity contribution in [1.29, 1.82) is 0 Å². The van der Waals surface area contributed by atoms with Crippen LogP contribution in [-0.4, -0.2) is 72.0 Å². The largest absolute Gasteiger partial charge is 1.00 e. The Labute approximate surface area is 355 Å². The molecule has 11 nitrogen and oxygen atoms in total. The Hall–Kier alpha value is -3.08. The molecule has 0 amide bonds. The molecule has 6 heterocycles. The average Bonchev–Trinajstić information content (AvgIpc) is 3.79. The molecule has 0 atom stereocenters. The molecule has 0 bridgehead atoms. The number of hydrogen-bond acceptors (Lipinski definition) is 9. The molecule has 2 aliphatic rings. The molecule has 0 radical (unpaired) electrons. The van der Waals surface area contributed by atoms with E-state index < -0.39 is 11.6 Å². The maximum absolute atomic E-state index is 14.5. The van der Waals surface area contributed by atoms with Gasteiger partial charge in [-0.15, -0.1) is 24.8 Å². The molecule has 8 rings (SSSR count). The third-order valence-corrected chi connectivity index (χ3v) is 9.60. The molecule has 2 fully saturated rings. The molecule has 2 saturated heterocycles. The van der Waals surface area contributed by atoms with Crippen LogP contribution in [-0.2, 0) is 0 Å². The predicted octanol–water partition coefficient (Wildman–Crippen LogP) is 5.26. The summed E-state index contributed by atoms with van der Waals surface area (Å²) in [5, 5.41) is 22.6. The summed E-state index contributed by atoms with van der Waals surface area (Å²) in [4.78, 5) is 16.7. The Kier molecular flexibility index (Phi) is 17.9. The van der Waals surface area contributed by atoms with Crippen molar-refractivity contribution in [2.45, 2.75) is 37.5 Å². The van der Waals surface area contributed by atoms with Gasteiger partial charge in [0.05, 0.1) is 11.4 Å². The van der Waals surface area contributed by atoms with Crippen LogP contribution >= 0.6 is 48.0 Å². The summed E-state index contributed by atoms with van der Waals surface area (Å²) < 4.78 is 29.0. The van der Waals surface area contributed by atoms with Gasteiger partial charge in [0.1, 0.15) is 35.7 Å². The van der Waals surface area contributed by atoms with Gasteiger partial charge in [-0.05, 0) is 100 Å². The van der Waals surface area contributed by atoms with Gasteiger partial charge in [-0.1, -0.05) is 23.2 Å². The maximum atomic E-state index is 14.5. The molecule has 280 valence electrons. The van der Waals surface area contributed by atoms with E-state index in [2.05, 4.69) is 51.0 Å². The van der Waals surface area contributed by atoms with Gasteiger partial charge in [0.25, 0.3) is 0 Å². The quantitative estimate of drug-likeness (QED) is 0.164. The zero-order valence-electron chi connectivity index (χ0n) is 29.2. The van der Waals surface area contributed by atoms with Gasteiger partial charge in [0.2, 0.25) is 0 Å². The summed E-state index contributed by atoms with van der Waals surface area (Å²) in [7, 11) is 0. The summed E-state index contributed by atoms with van der Waals surface area (Å²) in [6, 6.07) is 12.9. The molecule has 0 aliphatic carbocycles. The molecule has 0 saturated carbocycles. The van der Waals surface area contributed by atoms with Crippen LogP contribution in [0.1, 0.15) is 48.9 Å². The molecular weight excluding hydrogens is 791 g/mol. The fourth-order valence-corrected chi connectivity index (χ4v) is 6.99. The standard InChI is InChI=1S/2C18H17ClFN5.2ClH.Na.H2O/c2*19-12-1-2-13(14(20)9-12)18-16(15-5-8-22-10-23-15)17(24-25-18)11-3-6-21-7-4-11;;;;/h2*1-2,5,8-11,21H,3-4,6-7H2,(H,24,25);2*1H;;1H2/q;;;;+1;/p-1. The van der Waals surface area contributed by atoms with Gasteiger partial charge in [-0.3, -0.25) is 10.2 Å². The minimum atomic E-state index is -0.397. The summed E-state index contributed by atoms with van der Waals surface area (Å²) in [5.41, 5.74) is 7.11. The van der Waals surface area contributed by atoms with Crippen LogP contribution in [0.25, 0.3) is 45.0 Å². The fraction of sp³-hybridized carbons (Fsp3) is 0.278. The Morgan fingerprint density at radius 2 is 0.981 bits per heavy atom. The summed E-state index contributed by atoms with van der Waals surface area (Å²) in [6.07, 6.45) is 10.4. The zero-order valence-corrected chi connectivity index (χ0v) is 34.3. The van der Waals surface area contributed by atoms with E-state index in [9.17, 15) is 8.78 Å². The second kappa shape index (κ2) is 21.3. The van der Waals surface area contributed by atoms with E-state index in [0.29, 0.717) is 44.4 Å². The minimum Gasteiger partial charge on any atom is -0.870 e. The van der Waals surface area contributed by atoms with E-state index in [0.717, 1.165) is 85.8 Å². The van der Waals surface area contributed by atoms with Crippen molar-refractivity contribution in [3.05, 3.63) is 107 Å². The van der Waals surface area contributed by atoms with Crippen LogP contribution in [0.15, 0.2) is 73.6 Å². The second-order valence-electron chi connectivity index (χ2n) is 12.2. The first-order valence-electron chi connectivity index (χ1n) is 16.5. The van der Waals surface area contributed by atoms with Gasteiger partial charge < -0.3 is 16.1 Å². The molecule has 0 spiro atoms. The minimum absolute atomic E-state index is 0. The van der Waals surface area contributed by atoms with E-state index in [4.69, 9.17) is 23.2 Å². The summed E-state index contributed by atoms with van der Waals surface area (Å²) >= 11 is 11.8. The Bertz CT molecular complexity index is 1920. The molecule has 18 heteroatoms. The average molecular weight is 829 g/mol. The smallest absolute Gasteiger partial charge is 0.870 e. The molecular formula is C36H37Cl4F2N10NaO.